The Morgan fingerprint density at radius 2 is 1.87 bits per heavy atom. The van der Waals surface area contributed by atoms with Crippen LogP contribution in [-0.2, 0) is 13.0 Å². The Bertz CT molecular complexity index is 1310. The van der Waals surface area contributed by atoms with Crippen LogP contribution in [0, 0.1) is 0 Å². The molecule has 0 saturated carbocycles. The molecule has 4 rings (SSSR count). The lowest BCUT2D eigenvalue weighted by Crippen LogP contribution is -2.34. The predicted molar refractivity (Wildman–Crippen MR) is 115 cm³/mol. The molecular weight excluding hydrogens is 382 g/mol. The first-order valence-corrected chi connectivity index (χ1v) is 9.58. The zero-order chi connectivity index (χ0) is 21.1. The van der Waals surface area contributed by atoms with E-state index in [1.165, 1.54) is 6.20 Å². The molecule has 2 aromatic heterocycles. The van der Waals surface area contributed by atoms with E-state index in [-0.39, 0.29) is 11.0 Å². The molecular formula is C22H21N5O3. The smallest absolute Gasteiger partial charge is 0.334 e. The first-order valence-electron chi connectivity index (χ1n) is 9.58. The third-order valence-electron chi connectivity index (χ3n) is 4.88. The normalized spacial score (nSPS) is 10.9. The number of hydrogen-bond acceptors (Lipinski definition) is 6. The number of anilines is 1. The second kappa shape index (κ2) is 8.20. The van der Waals surface area contributed by atoms with Crippen LogP contribution in [0.1, 0.15) is 18.1 Å². The van der Waals surface area contributed by atoms with Crippen LogP contribution in [0.15, 0.2) is 64.3 Å². The molecule has 152 valence electrons. The number of hydrogen-bond donors (Lipinski definition) is 2. The number of aromatic nitrogens is 4. The summed E-state index contributed by atoms with van der Waals surface area (Å²) in [7, 11) is 1.61. The van der Waals surface area contributed by atoms with Crippen molar-refractivity contribution in [3.63, 3.8) is 0 Å². The first kappa shape index (κ1) is 19.4. The van der Waals surface area contributed by atoms with Crippen molar-refractivity contribution in [1.82, 2.24) is 19.5 Å². The Morgan fingerprint density at radius 1 is 1.10 bits per heavy atom. The maximum atomic E-state index is 12.9. The van der Waals surface area contributed by atoms with E-state index in [9.17, 15) is 9.59 Å². The van der Waals surface area contributed by atoms with E-state index in [1.807, 2.05) is 43.3 Å². The van der Waals surface area contributed by atoms with Crippen LogP contribution in [0.4, 0.5) is 5.95 Å². The molecule has 2 N–H and O–H groups in total. The summed E-state index contributed by atoms with van der Waals surface area (Å²) >= 11 is 0. The van der Waals surface area contributed by atoms with Gasteiger partial charge in [-0.15, -0.1) is 0 Å². The topological polar surface area (TPSA) is 102 Å². The molecule has 0 aliphatic rings. The highest BCUT2D eigenvalue weighted by molar-refractivity contribution is 5.73. The van der Waals surface area contributed by atoms with Gasteiger partial charge in [-0.2, -0.15) is 4.98 Å². The van der Waals surface area contributed by atoms with Crippen LogP contribution in [0.5, 0.6) is 5.75 Å². The summed E-state index contributed by atoms with van der Waals surface area (Å²) in [5.74, 6) is 1.05. The van der Waals surface area contributed by atoms with Gasteiger partial charge in [-0.1, -0.05) is 37.3 Å². The zero-order valence-corrected chi connectivity index (χ0v) is 16.7. The van der Waals surface area contributed by atoms with Crippen LogP contribution < -0.4 is 21.3 Å². The number of ether oxygens (including phenoxy) is 1. The molecule has 8 heteroatoms. The van der Waals surface area contributed by atoms with Crippen LogP contribution in [0.25, 0.3) is 16.7 Å². The molecule has 0 aliphatic carbocycles. The van der Waals surface area contributed by atoms with Crippen molar-refractivity contribution in [2.75, 3.05) is 12.4 Å². The molecule has 0 unspecified atom stereocenters. The number of H-pyrrole nitrogens is 1. The van der Waals surface area contributed by atoms with Crippen molar-refractivity contribution in [2.45, 2.75) is 19.9 Å². The molecule has 2 heterocycles. The number of benzene rings is 2. The summed E-state index contributed by atoms with van der Waals surface area (Å²) < 4.78 is 6.42. The molecule has 0 amide bonds. The number of rotatable bonds is 6. The van der Waals surface area contributed by atoms with E-state index in [2.05, 4.69) is 20.3 Å². The fourth-order valence-corrected chi connectivity index (χ4v) is 3.23. The van der Waals surface area contributed by atoms with Crippen molar-refractivity contribution in [1.29, 1.82) is 0 Å². The third-order valence-corrected chi connectivity index (χ3v) is 4.88. The lowest BCUT2D eigenvalue weighted by molar-refractivity contribution is 0.410. The van der Waals surface area contributed by atoms with Crippen LogP contribution in [-0.4, -0.2) is 26.6 Å². The van der Waals surface area contributed by atoms with Crippen LogP contribution in [0.3, 0.4) is 0 Å². The molecule has 0 spiro atoms. The van der Waals surface area contributed by atoms with E-state index in [0.29, 0.717) is 18.2 Å². The average molecular weight is 403 g/mol. The van der Waals surface area contributed by atoms with E-state index in [1.54, 1.807) is 19.2 Å². The number of nitrogens with zero attached hydrogens (tertiary/aromatic N) is 3. The minimum atomic E-state index is -0.550. The molecule has 0 atom stereocenters. The summed E-state index contributed by atoms with van der Waals surface area (Å²) in [6.07, 6.45) is 2.30. The largest absolute Gasteiger partial charge is 0.496 e. The molecule has 2 aromatic carbocycles. The molecule has 0 fully saturated rings. The molecule has 4 aromatic rings. The number of aryl methyl sites for hydroxylation is 1. The minimum absolute atomic E-state index is 0.184. The number of methoxy groups -OCH3 is 1. The van der Waals surface area contributed by atoms with Gasteiger partial charge in [-0.05, 0) is 30.2 Å². The Labute approximate surface area is 172 Å². The van der Waals surface area contributed by atoms with Gasteiger partial charge in [0.2, 0.25) is 5.95 Å². The molecule has 0 radical (unpaired) electrons. The van der Waals surface area contributed by atoms with Gasteiger partial charge in [0.05, 0.1) is 12.8 Å². The second-order valence-electron chi connectivity index (χ2n) is 6.71. The van der Waals surface area contributed by atoms with Gasteiger partial charge in [0.25, 0.3) is 5.56 Å². The van der Waals surface area contributed by atoms with E-state index < -0.39 is 11.2 Å². The highest BCUT2D eigenvalue weighted by atomic mass is 16.5. The van der Waals surface area contributed by atoms with Crippen LogP contribution >= 0.6 is 0 Å². The summed E-state index contributed by atoms with van der Waals surface area (Å²) in [6, 6.07) is 14.9. The van der Waals surface area contributed by atoms with Gasteiger partial charge < -0.3 is 10.1 Å². The maximum Gasteiger partial charge on any atom is 0.334 e. The summed E-state index contributed by atoms with van der Waals surface area (Å²) in [5, 5.41) is 3.33. The van der Waals surface area contributed by atoms with E-state index in [4.69, 9.17) is 4.74 Å². The molecule has 0 aliphatic heterocycles. The van der Waals surface area contributed by atoms with Gasteiger partial charge in [0.15, 0.2) is 5.65 Å². The fourth-order valence-electron chi connectivity index (χ4n) is 3.23. The van der Waals surface area contributed by atoms with Gasteiger partial charge in [0.1, 0.15) is 11.1 Å². The van der Waals surface area contributed by atoms with Gasteiger partial charge in [-0.3, -0.25) is 9.78 Å². The van der Waals surface area contributed by atoms with Crippen molar-refractivity contribution < 1.29 is 4.74 Å². The average Bonchev–Trinajstić information content (AvgIpc) is 2.78. The van der Waals surface area contributed by atoms with Crippen molar-refractivity contribution in [3.8, 4) is 11.4 Å². The van der Waals surface area contributed by atoms with E-state index >= 15 is 0 Å². The third kappa shape index (κ3) is 3.67. The summed E-state index contributed by atoms with van der Waals surface area (Å²) in [4.78, 5) is 36.7. The Hall–Kier alpha value is -3.94. The van der Waals surface area contributed by atoms with Crippen molar-refractivity contribution >= 4 is 17.0 Å². The highest BCUT2D eigenvalue weighted by Gasteiger charge is 2.12. The zero-order valence-electron chi connectivity index (χ0n) is 16.7. The number of para-hydroxylation sites is 1. The standard InChI is InChI=1S/C22H21N5O3/c1-3-14-8-10-16(11-9-14)27-20(28)17-13-24-21(25-19(17)26-22(27)29)23-12-15-6-4-5-7-18(15)30-2/h4-11,13H,3,12H2,1-2H3,(H2,23,24,25,26,29). The summed E-state index contributed by atoms with van der Waals surface area (Å²) in [6.45, 7) is 2.47. The Kier molecular flexibility index (Phi) is 5.30. The predicted octanol–water partition coefficient (Wildman–Crippen LogP) is 2.65. The van der Waals surface area contributed by atoms with Crippen molar-refractivity contribution in [2.24, 2.45) is 0 Å². The first-order chi connectivity index (χ1) is 14.6. The number of aromatic amines is 1. The quantitative estimate of drug-likeness (QED) is 0.513. The molecule has 30 heavy (non-hydrogen) atoms. The molecule has 0 saturated heterocycles. The van der Waals surface area contributed by atoms with Gasteiger partial charge in [0, 0.05) is 18.3 Å². The molecule has 8 nitrogen and oxygen atoms in total. The molecule has 0 bridgehead atoms. The Morgan fingerprint density at radius 3 is 2.60 bits per heavy atom. The second-order valence-corrected chi connectivity index (χ2v) is 6.71. The fraction of sp³-hybridized carbons (Fsp3) is 0.182. The highest BCUT2D eigenvalue weighted by Crippen LogP contribution is 2.18. The van der Waals surface area contributed by atoms with E-state index in [0.717, 1.165) is 27.9 Å². The van der Waals surface area contributed by atoms with Gasteiger partial charge in [-0.25, -0.2) is 14.3 Å². The minimum Gasteiger partial charge on any atom is -0.496 e. The SMILES string of the molecule is CCc1ccc(-n2c(=O)[nH]c3nc(NCc4ccccc4OC)ncc3c2=O)cc1. The maximum absolute atomic E-state index is 12.9. The number of fused-ring (bicyclic) bond motifs is 1. The van der Waals surface area contributed by atoms with Crippen molar-refractivity contribution in [3.05, 3.63) is 86.7 Å². The number of nitrogens with one attached hydrogen (secondary N) is 2. The van der Waals surface area contributed by atoms with Crippen LogP contribution in [0.2, 0.25) is 0 Å². The lowest BCUT2D eigenvalue weighted by atomic mass is 10.1. The monoisotopic (exact) mass is 403 g/mol. The Balaban J connectivity index is 1.67. The summed E-state index contributed by atoms with van der Waals surface area (Å²) in [5.41, 5.74) is 1.73. The van der Waals surface area contributed by atoms with Gasteiger partial charge >= 0.3 is 5.69 Å². The lowest BCUT2D eigenvalue weighted by Gasteiger charge is -2.10.